The van der Waals surface area contributed by atoms with Crippen molar-refractivity contribution in [3.8, 4) is 11.5 Å². The maximum absolute atomic E-state index is 13.6. The molecule has 5 nitrogen and oxygen atoms in total. The van der Waals surface area contributed by atoms with Gasteiger partial charge in [0, 0.05) is 24.6 Å². The third-order valence-electron chi connectivity index (χ3n) is 3.92. The molecule has 8 heteroatoms. The Bertz CT molecular complexity index is 803. The Balaban J connectivity index is 0.00000364. The van der Waals surface area contributed by atoms with E-state index < -0.39 is 0 Å². The summed E-state index contributed by atoms with van der Waals surface area (Å²) in [6.45, 7) is 2.75. The second-order valence-electron chi connectivity index (χ2n) is 5.66. The van der Waals surface area contributed by atoms with E-state index in [9.17, 15) is 4.39 Å². The highest BCUT2D eigenvalue weighted by Gasteiger charge is 2.10. The van der Waals surface area contributed by atoms with Crippen LogP contribution in [0.2, 0.25) is 0 Å². The molecule has 0 atom stereocenters. The van der Waals surface area contributed by atoms with Gasteiger partial charge < -0.3 is 20.1 Å². The van der Waals surface area contributed by atoms with Crippen molar-refractivity contribution in [1.29, 1.82) is 0 Å². The standard InChI is InChI=1S/C19H23BrFN3O2.HI/c1-12-5-6-13(7-16(12)21)10-23-19(22-2)24-11-14-8-17(25-3)18(26-4)9-15(14)20;/h5-9H,10-11H2,1-4H3,(H2,22,23,24);1H. The van der Waals surface area contributed by atoms with Gasteiger partial charge in [0.2, 0.25) is 0 Å². The van der Waals surface area contributed by atoms with Gasteiger partial charge >= 0.3 is 0 Å². The number of halogens is 3. The van der Waals surface area contributed by atoms with Crippen LogP contribution in [0.5, 0.6) is 11.5 Å². The lowest BCUT2D eigenvalue weighted by molar-refractivity contribution is 0.354. The minimum absolute atomic E-state index is 0. The van der Waals surface area contributed by atoms with Crippen molar-refractivity contribution in [1.82, 2.24) is 10.6 Å². The molecular weight excluding hydrogens is 528 g/mol. The zero-order valence-corrected chi connectivity index (χ0v) is 19.6. The van der Waals surface area contributed by atoms with Gasteiger partial charge in [0.05, 0.1) is 14.2 Å². The molecule has 0 amide bonds. The average molecular weight is 552 g/mol. The van der Waals surface area contributed by atoms with Gasteiger partial charge in [-0.1, -0.05) is 28.1 Å². The molecule has 27 heavy (non-hydrogen) atoms. The van der Waals surface area contributed by atoms with Gasteiger partial charge in [-0.2, -0.15) is 0 Å². The van der Waals surface area contributed by atoms with Gasteiger partial charge in [-0.25, -0.2) is 4.39 Å². The predicted octanol–water partition coefficient (Wildman–Crippen LogP) is 4.40. The fraction of sp³-hybridized carbons (Fsp3) is 0.316. The molecule has 0 saturated heterocycles. The maximum Gasteiger partial charge on any atom is 0.191 e. The quantitative estimate of drug-likeness (QED) is 0.317. The van der Waals surface area contributed by atoms with Gasteiger partial charge in [0.15, 0.2) is 17.5 Å². The van der Waals surface area contributed by atoms with E-state index in [1.807, 2.05) is 18.2 Å². The summed E-state index contributed by atoms with van der Waals surface area (Å²) in [4.78, 5) is 4.19. The Morgan fingerprint density at radius 2 is 1.70 bits per heavy atom. The molecule has 0 spiro atoms. The molecule has 0 aromatic heterocycles. The van der Waals surface area contributed by atoms with E-state index in [4.69, 9.17) is 9.47 Å². The van der Waals surface area contributed by atoms with Crippen molar-refractivity contribution in [2.24, 2.45) is 4.99 Å². The summed E-state index contributed by atoms with van der Waals surface area (Å²) in [5.74, 6) is 1.73. The first-order chi connectivity index (χ1) is 12.5. The van der Waals surface area contributed by atoms with E-state index in [1.54, 1.807) is 34.3 Å². The highest BCUT2D eigenvalue weighted by Crippen LogP contribution is 2.33. The fourth-order valence-electron chi connectivity index (χ4n) is 2.36. The number of nitrogens with zero attached hydrogens (tertiary/aromatic N) is 1. The number of guanidine groups is 1. The Labute approximate surface area is 184 Å². The van der Waals surface area contributed by atoms with E-state index >= 15 is 0 Å². The van der Waals surface area contributed by atoms with Crippen LogP contribution in [0.15, 0.2) is 39.8 Å². The monoisotopic (exact) mass is 551 g/mol. The van der Waals surface area contributed by atoms with Crippen LogP contribution in [0.25, 0.3) is 0 Å². The van der Waals surface area contributed by atoms with Crippen LogP contribution >= 0.6 is 39.9 Å². The molecule has 0 bridgehead atoms. The summed E-state index contributed by atoms with van der Waals surface area (Å²) < 4.78 is 25.2. The number of ether oxygens (including phenoxy) is 2. The molecule has 2 aromatic carbocycles. The van der Waals surface area contributed by atoms with E-state index in [2.05, 4.69) is 31.6 Å². The molecule has 0 aliphatic carbocycles. The van der Waals surface area contributed by atoms with E-state index in [0.29, 0.717) is 36.1 Å². The molecule has 0 radical (unpaired) electrons. The van der Waals surface area contributed by atoms with Crippen molar-refractivity contribution in [2.75, 3.05) is 21.3 Å². The fourth-order valence-corrected chi connectivity index (χ4v) is 2.83. The molecule has 0 unspecified atom stereocenters. The van der Waals surface area contributed by atoms with Gasteiger partial charge in [0.1, 0.15) is 5.82 Å². The molecule has 0 heterocycles. The van der Waals surface area contributed by atoms with Crippen molar-refractivity contribution in [2.45, 2.75) is 20.0 Å². The second-order valence-corrected chi connectivity index (χ2v) is 6.52. The van der Waals surface area contributed by atoms with Gasteiger partial charge in [-0.15, -0.1) is 24.0 Å². The van der Waals surface area contributed by atoms with Crippen molar-refractivity contribution >= 4 is 45.9 Å². The molecule has 0 saturated carbocycles. The lowest BCUT2D eigenvalue weighted by atomic mass is 10.1. The van der Waals surface area contributed by atoms with E-state index in [1.165, 1.54) is 6.07 Å². The predicted molar refractivity (Wildman–Crippen MR) is 121 cm³/mol. The third kappa shape index (κ3) is 6.53. The molecule has 0 fully saturated rings. The van der Waals surface area contributed by atoms with Crippen molar-refractivity contribution in [3.05, 3.63) is 57.3 Å². The van der Waals surface area contributed by atoms with Crippen LogP contribution in [0.4, 0.5) is 4.39 Å². The zero-order chi connectivity index (χ0) is 19.1. The van der Waals surface area contributed by atoms with Crippen LogP contribution in [0.3, 0.4) is 0 Å². The summed E-state index contributed by atoms with van der Waals surface area (Å²) in [6.07, 6.45) is 0. The normalized spacial score (nSPS) is 10.8. The minimum atomic E-state index is -0.207. The minimum Gasteiger partial charge on any atom is -0.493 e. The second kappa shape index (κ2) is 11.3. The average Bonchev–Trinajstić information content (AvgIpc) is 2.65. The van der Waals surface area contributed by atoms with Crippen LogP contribution < -0.4 is 20.1 Å². The summed E-state index contributed by atoms with van der Waals surface area (Å²) in [6, 6.07) is 8.95. The topological polar surface area (TPSA) is 54.9 Å². The SMILES string of the molecule is CN=C(NCc1ccc(C)c(F)c1)NCc1cc(OC)c(OC)cc1Br.I. The van der Waals surface area contributed by atoms with Crippen molar-refractivity contribution < 1.29 is 13.9 Å². The number of nitrogens with one attached hydrogen (secondary N) is 2. The molecular formula is C19H24BrFIN3O2. The van der Waals surface area contributed by atoms with Crippen LogP contribution in [-0.4, -0.2) is 27.2 Å². The lowest BCUT2D eigenvalue weighted by Crippen LogP contribution is -2.36. The largest absolute Gasteiger partial charge is 0.493 e. The van der Waals surface area contributed by atoms with E-state index in [0.717, 1.165) is 15.6 Å². The molecule has 148 valence electrons. The van der Waals surface area contributed by atoms with Crippen molar-refractivity contribution in [3.63, 3.8) is 0 Å². The molecule has 0 aliphatic rings. The Morgan fingerprint density at radius 3 is 2.30 bits per heavy atom. The number of aryl methyl sites for hydroxylation is 1. The number of hydrogen-bond donors (Lipinski definition) is 2. The van der Waals surface area contributed by atoms with Gasteiger partial charge in [-0.05, 0) is 41.8 Å². The Kier molecular flexibility index (Phi) is 9.86. The summed E-state index contributed by atoms with van der Waals surface area (Å²) in [7, 11) is 4.89. The zero-order valence-electron chi connectivity index (χ0n) is 15.7. The number of methoxy groups -OCH3 is 2. The molecule has 2 aromatic rings. The smallest absolute Gasteiger partial charge is 0.191 e. The molecule has 0 aliphatic heterocycles. The number of hydrogen-bond acceptors (Lipinski definition) is 3. The Hall–Kier alpha value is -1.55. The van der Waals surface area contributed by atoms with Crippen LogP contribution in [-0.2, 0) is 13.1 Å². The first-order valence-corrected chi connectivity index (χ1v) is 8.87. The van der Waals surface area contributed by atoms with Gasteiger partial charge in [0.25, 0.3) is 0 Å². The van der Waals surface area contributed by atoms with Gasteiger partial charge in [-0.3, -0.25) is 4.99 Å². The first kappa shape index (κ1) is 23.5. The lowest BCUT2D eigenvalue weighted by Gasteiger charge is -2.15. The number of rotatable bonds is 6. The molecule has 2 rings (SSSR count). The third-order valence-corrected chi connectivity index (χ3v) is 4.66. The summed E-state index contributed by atoms with van der Waals surface area (Å²) in [5.41, 5.74) is 2.48. The van der Waals surface area contributed by atoms with Crippen LogP contribution in [0.1, 0.15) is 16.7 Å². The first-order valence-electron chi connectivity index (χ1n) is 8.08. The highest BCUT2D eigenvalue weighted by molar-refractivity contribution is 14.0. The number of aliphatic imine (C=N–C) groups is 1. The summed E-state index contributed by atoms with van der Waals surface area (Å²) in [5, 5.41) is 6.40. The number of benzene rings is 2. The summed E-state index contributed by atoms with van der Waals surface area (Å²) >= 11 is 3.54. The Morgan fingerprint density at radius 1 is 1.07 bits per heavy atom. The maximum atomic E-state index is 13.6. The highest BCUT2D eigenvalue weighted by atomic mass is 127. The molecule has 2 N–H and O–H groups in total. The van der Waals surface area contributed by atoms with E-state index in [-0.39, 0.29) is 29.8 Å². The van der Waals surface area contributed by atoms with Crippen LogP contribution in [0, 0.1) is 12.7 Å².